The van der Waals surface area contributed by atoms with Gasteiger partial charge < -0.3 is 0 Å². The average Bonchev–Trinajstić information content (AvgIpc) is 3.64. The average molecular weight is 741 g/mol. The highest BCUT2D eigenvalue weighted by Crippen LogP contribution is 2.43. The summed E-state index contributed by atoms with van der Waals surface area (Å²) in [7, 11) is 0. The van der Waals surface area contributed by atoms with Gasteiger partial charge in [0, 0.05) is 8.95 Å². The summed E-state index contributed by atoms with van der Waals surface area (Å²) >= 11 is 15.1. The SMILES string of the molecule is CCCCCCCCSc1ccc(-c2nc3c(Br)ccc(Br)c3nc2-c2ccc(SCCCCCCCC)s2)s1. The standard InChI is InChI=1S/C32H40Br2N2S4/c1-3-5-7-9-11-13-21-37-27-19-17-25(39-27)31-32(36-30-24(34)16-15-23(33)29(30)35-31)26-18-20-28(40-26)38-22-14-12-10-8-6-4-2/h15-20H,3-14,21-22H2,1-2H3. The highest BCUT2D eigenvalue weighted by molar-refractivity contribution is 9.11. The van der Waals surface area contributed by atoms with Crippen molar-refractivity contribution >= 4 is 89.1 Å². The van der Waals surface area contributed by atoms with E-state index in [1.54, 1.807) is 0 Å². The number of thiophene rings is 2. The third-order valence-electron chi connectivity index (χ3n) is 6.84. The molecule has 0 aliphatic heterocycles. The Hall–Kier alpha value is -0.380. The third kappa shape index (κ3) is 9.57. The van der Waals surface area contributed by atoms with E-state index in [0.29, 0.717) is 0 Å². The molecule has 0 fully saturated rings. The van der Waals surface area contributed by atoms with Crippen LogP contribution in [0.25, 0.3) is 32.2 Å². The molecule has 0 N–H and O–H groups in total. The van der Waals surface area contributed by atoms with Gasteiger partial charge in [-0.25, -0.2) is 9.97 Å². The van der Waals surface area contributed by atoms with Crippen LogP contribution in [-0.4, -0.2) is 21.5 Å². The number of fused-ring (bicyclic) bond motifs is 1. The summed E-state index contributed by atoms with van der Waals surface area (Å²) in [4.78, 5) is 12.8. The fourth-order valence-corrected chi connectivity index (χ4v) is 9.79. The van der Waals surface area contributed by atoms with Crippen LogP contribution in [0.4, 0.5) is 0 Å². The van der Waals surface area contributed by atoms with Crippen LogP contribution in [0.15, 0.2) is 53.8 Å². The van der Waals surface area contributed by atoms with Gasteiger partial charge in [0.1, 0.15) is 22.4 Å². The number of unbranched alkanes of at least 4 members (excludes halogenated alkanes) is 10. The van der Waals surface area contributed by atoms with Crippen LogP contribution in [0.2, 0.25) is 0 Å². The van der Waals surface area contributed by atoms with Crippen molar-refractivity contribution in [3.63, 3.8) is 0 Å². The molecule has 0 aliphatic rings. The maximum absolute atomic E-state index is 5.22. The van der Waals surface area contributed by atoms with Crippen molar-refractivity contribution in [1.82, 2.24) is 9.97 Å². The summed E-state index contributed by atoms with van der Waals surface area (Å²) in [6.07, 6.45) is 16.1. The van der Waals surface area contributed by atoms with Crippen molar-refractivity contribution < 1.29 is 0 Å². The Bertz CT molecular complexity index is 1230. The van der Waals surface area contributed by atoms with Crippen molar-refractivity contribution in [2.24, 2.45) is 0 Å². The monoisotopic (exact) mass is 738 g/mol. The van der Waals surface area contributed by atoms with E-state index in [2.05, 4.69) is 70.0 Å². The molecule has 0 atom stereocenters. The van der Waals surface area contributed by atoms with Crippen molar-refractivity contribution in [3.05, 3.63) is 45.3 Å². The minimum absolute atomic E-state index is 0.900. The predicted octanol–water partition coefficient (Wildman–Crippen LogP) is 13.5. The molecular weight excluding hydrogens is 700 g/mol. The topological polar surface area (TPSA) is 25.8 Å². The first-order chi connectivity index (χ1) is 19.6. The molecule has 4 aromatic rings. The first-order valence-corrected chi connectivity index (χ1v) is 19.9. The maximum atomic E-state index is 5.22. The number of thioether (sulfide) groups is 2. The van der Waals surface area contributed by atoms with Crippen LogP contribution in [-0.2, 0) is 0 Å². The molecule has 0 amide bonds. The van der Waals surface area contributed by atoms with Gasteiger partial charge in [0.25, 0.3) is 0 Å². The molecular formula is C32H40Br2N2S4. The number of rotatable bonds is 18. The zero-order valence-corrected chi connectivity index (χ0v) is 30.1. The third-order valence-corrected chi connectivity index (χ3v) is 12.9. The van der Waals surface area contributed by atoms with Crippen LogP contribution in [0.5, 0.6) is 0 Å². The van der Waals surface area contributed by atoms with Gasteiger partial charge in [0.15, 0.2) is 0 Å². The van der Waals surface area contributed by atoms with E-state index in [0.717, 1.165) is 31.4 Å². The second-order valence-electron chi connectivity index (χ2n) is 10.1. The molecule has 40 heavy (non-hydrogen) atoms. The van der Waals surface area contributed by atoms with Gasteiger partial charge in [0.05, 0.1) is 18.2 Å². The van der Waals surface area contributed by atoms with Crippen LogP contribution >= 0.6 is 78.1 Å². The van der Waals surface area contributed by atoms with Crippen molar-refractivity contribution in [2.75, 3.05) is 11.5 Å². The number of hydrogen-bond donors (Lipinski definition) is 0. The van der Waals surface area contributed by atoms with Gasteiger partial charge >= 0.3 is 0 Å². The van der Waals surface area contributed by atoms with Gasteiger partial charge in [-0.1, -0.05) is 78.1 Å². The van der Waals surface area contributed by atoms with E-state index in [-0.39, 0.29) is 0 Å². The summed E-state index contributed by atoms with van der Waals surface area (Å²) in [5, 5.41) is 0. The number of nitrogens with zero attached hydrogens (tertiary/aromatic N) is 2. The molecule has 0 spiro atoms. The van der Waals surface area contributed by atoms with Crippen LogP contribution in [0, 0.1) is 0 Å². The minimum atomic E-state index is 0.900. The molecule has 0 radical (unpaired) electrons. The van der Waals surface area contributed by atoms with Gasteiger partial charge in [-0.05, 0) is 92.6 Å². The Kier molecular flexibility index (Phi) is 14.4. The van der Waals surface area contributed by atoms with Crippen LogP contribution in [0.3, 0.4) is 0 Å². The lowest BCUT2D eigenvalue weighted by Crippen LogP contribution is -1.94. The lowest BCUT2D eigenvalue weighted by Gasteiger charge is -2.10. The van der Waals surface area contributed by atoms with Crippen molar-refractivity contribution in [2.45, 2.75) is 99.3 Å². The molecule has 8 heteroatoms. The smallest absolute Gasteiger partial charge is 0.108 e. The molecule has 3 aromatic heterocycles. The summed E-state index contributed by atoms with van der Waals surface area (Å²) < 4.78 is 4.68. The van der Waals surface area contributed by atoms with Crippen molar-refractivity contribution in [1.29, 1.82) is 0 Å². The summed E-state index contributed by atoms with van der Waals surface area (Å²) in [5.41, 5.74) is 3.77. The number of aromatic nitrogens is 2. The van der Waals surface area contributed by atoms with Gasteiger partial charge in [-0.3, -0.25) is 0 Å². The number of halogens is 2. The molecule has 0 aliphatic carbocycles. The van der Waals surface area contributed by atoms with E-state index < -0.39 is 0 Å². The lowest BCUT2D eigenvalue weighted by atomic mass is 10.1. The molecule has 2 nitrogen and oxygen atoms in total. The highest BCUT2D eigenvalue weighted by atomic mass is 79.9. The summed E-state index contributed by atoms with van der Waals surface area (Å²) in [5.74, 6) is 2.37. The molecule has 4 rings (SSSR count). The molecule has 3 heterocycles. The van der Waals surface area contributed by atoms with E-state index in [1.807, 2.05) is 58.3 Å². The lowest BCUT2D eigenvalue weighted by molar-refractivity contribution is 0.627. The van der Waals surface area contributed by atoms with Crippen LogP contribution < -0.4 is 0 Å². The molecule has 0 bridgehead atoms. The van der Waals surface area contributed by atoms with Crippen molar-refractivity contribution in [3.8, 4) is 21.1 Å². The molecule has 1 aromatic carbocycles. The van der Waals surface area contributed by atoms with Gasteiger partial charge in [-0.15, -0.1) is 46.2 Å². The molecule has 216 valence electrons. The van der Waals surface area contributed by atoms with E-state index in [1.165, 1.54) is 107 Å². The van der Waals surface area contributed by atoms with E-state index in [9.17, 15) is 0 Å². The van der Waals surface area contributed by atoms with Gasteiger partial charge in [-0.2, -0.15) is 0 Å². The Morgan fingerprint density at radius 3 is 1.38 bits per heavy atom. The summed E-state index contributed by atoms with van der Waals surface area (Å²) in [6.45, 7) is 4.56. The Morgan fingerprint density at radius 1 is 0.550 bits per heavy atom. The molecule has 0 saturated heterocycles. The van der Waals surface area contributed by atoms with E-state index in [4.69, 9.17) is 9.97 Å². The maximum Gasteiger partial charge on any atom is 0.108 e. The highest BCUT2D eigenvalue weighted by Gasteiger charge is 2.19. The first kappa shape index (κ1) is 32.5. The zero-order chi connectivity index (χ0) is 28.2. The first-order valence-electron chi connectivity index (χ1n) is 14.7. The fraction of sp³-hybridized carbons (Fsp3) is 0.500. The fourth-order valence-electron chi connectivity index (χ4n) is 4.58. The zero-order valence-electron chi connectivity index (χ0n) is 23.6. The quantitative estimate of drug-likeness (QED) is 0.0749. The molecule has 0 unspecified atom stereocenters. The predicted molar refractivity (Wildman–Crippen MR) is 190 cm³/mol. The Labute approximate surface area is 274 Å². The number of benzene rings is 1. The second-order valence-corrected chi connectivity index (χ2v) is 16.8. The normalized spacial score (nSPS) is 11.6. The minimum Gasteiger partial charge on any atom is -0.242 e. The van der Waals surface area contributed by atoms with Crippen LogP contribution in [0.1, 0.15) is 90.9 Å². The number of hydrogen-bond acceptors (Lipinski definition) is 6. The Balaban J connectivity index is 1.49. The molecule has 0 saturated carbocycles. The largest absolute Gasteiger partial charge is 0.242 e. The summed E-state index contributed by atoms with van der Waals surface area (Å²) in [6, 6.07) is 13.1. The van der Waals surface area contributed by atoms with E-state index >= 15 is 0 Å². The second kappa shape index (κ2) is 17.7. The van der Waals surface area contributed by atoms with Gasteiger partial charge in [0.2, 0.25) is 0 Å². The Morgan fingerprint density at radius 2 is 0.950 bits per heavy atom.